The molecular weight excluding hydrogens is 474 g/mol. The van der Waals surface area contributed by atoms with E-state index in [0.29, 0.717) is 0 Å². The molecule has 2 aromatic heterocycles. The van der Waals surface area contributed by atoms with Gasteiger partial charge in [0, 0.05) is 29.5 Å². The number of hydrogen-bond donors (Lipinski definition) is 2. The Labute approximate surface area is 189 Å². The zero-order valence-electron chi connectivity index (χ0n) is 16.1. The first kappa shape index (κ1) is 23.7. The molecule has 2 atom stereocenters. The van der Waals surface area contributed by atoms with Crippen molar-refractivity contribution in [2.24, 2.45) is 0 Å². The van der Waals surface area contributed by atoms with Crippen LogP contribution in [0.4, 0.5) is 13.2 Å². The van der Waals surface area contributed by atoms with E-state index in [9.17, 15) is 23.1 Å². The number of halogens is 5. The lowest BCUT2D eigenvalue weighted by Gasteiger charge is -2.37. The minimum Gasteiger partial charge on any atom is -0.478 e. The average molecular weight is 488 g/mol. The number of pyridine rings is 1. The summed E-state index contributed by atoms with van der Waals surface area (Å²) in [6.45, 7) is 1.16. The molecule has 0 saturated carbocycles. The van der Waals surface area contributed by atoms with Crippen molar-refractivity contribution in [1.82, 2.24) is 15.0 Å². The largest absolute Gasteiger partial charge is 0.478 e. The third-order valence-corrected chi connectivity index (χ3v) is 5.29. The minimum absolute atomic E-state index is 0.0246. The Balaban J connectivity index is 2.01. The van der Waals surface area contributed by atoms with Crippen LogP contribution in [0.3, 0.4) is 0 Å². The highest BCUT2D eigenvalue weighted by atomic mass is 35.5. The number of ether oxygens (including phenoxy) is 1. The van der Waals surface area contributed by atoms with Crippen molar-refractivity contribution in [1.29, 1.82) is 0 Å². The molecule has 0 fully saturated rings. The molecule has 0 aliphatic rings. The van der Waals surface area contributed by atoms with Gasteiger partial charge in [0.1, 0.15) is 10.9 Å². The average Bonchev–Trinajstić information content (AvgIpc) is 2.73. The van der Waals surface area contributed by atoms with Crippen molar-refractivity contribution in [3.05, 3.63) is 75.8 Å². The smallest absolute Gasteiger partial charge is 0.422 e. The van der Waals surface area contributed by atoms with E-state index in [-0.39, 0.29) is 33.1 Å². The molecule has 3 rings (SSSR count). The van der Waals surface area contributed by atoms with E-state index < -0.39 is 29.2 Å². The summed E-state index contributed by atoms with van der Waals surface area (Å²) in [5.74, 6) is -2.80. The van der Waals surface area contributed by atoms with Gasteiger partial charge in [0.2, 0.25) is 0 Å². The molecule has 0 bridgehead atoms. The lowest BCUT2D eigenvalue weighted by atomic mass is 9.78. The van der Waals surface area contributed by atoms with Gasteiger partial charge in [-0.1, -0.05) is 30.1 Å². The third kappa shape index (κ3) is 4.62. The molecule has 0 amide bonds. The first-order chi connectivity index (χ1) is 14.9. The number of carboxylic acids is 1. The molecule has 0 aliphatic carbocycles. The standard InChI is InChI=1S/C20H14Cl2F3N3O4/c1-10(19(31,20(23,24)25)12-4-5-26-16(22)6-12)14-7-13(2-3-15(14)21)32-18-27-8-11(9-28-18)17(29)30/h2-10,31H,1H3,(H,29,30). The predicted octanol–water partition coefficient (Wildman–Crippen LogP) is 5.22. The van der Waals surface area contributed by atoms with Crippen molar-refractivity contribution in [2.45, 2.75) is 24.6 Å². The summed E-state index contributed by atoms with van der Waals surface area (Å²) in [7, 11) is 0. The normalized spacial score (nSPS) is 14.5. The number of benzene rings is 1. The number of carboxylic acid groups (broad SMARTS) is 1. The van der Waals surface area contributed by atoms with Crippen LogP contribution in [-0.4, -0.2) is 37.3 Å². The fraction of sp³-hybridized carbons (Fsp3) is 0.200. The number of aliphatic hydroxyl groups is 1. The summed E-state index contributed by atoms with van der Waals surface area (Å²) >= 11 is 11.9. The fourth-order valence-electron chi connectivity index (χ4n) is 3.03. The van der Waals surface area contributed by atoms with Crippen LogP contribution in [0.1, 0.15) is 34.3 Å². The van der Waals surface area contributed by atoms with E-state index in [1.807, 2.05) is 0 Å². The molecule has 0 aliphatic heterocycles. The molecule has 3 aromatic rings. The molecule has 0 saturated heterocycles. The van der Waals surface area contributed by atoms with Gasteiger partial charge in [-0.2, -0.15) is 13.2 Å². The molecule has 2 unspecified atom stereocenters. The van der Waals surface area contributed by atoms with Crippen molar-refractivity contribution in [3.63, 3.8) is 0 Å². The summed E-state index contributed by atoms with van der Waals surface area (Å²) in [5, 5.41) is 19.5. The molecule has 0 spiro atoms. The lowest BCUT2D eigenvalue weighted by Crippen LogP contribution is -2.46. The van der Waals surface area contributed by atoms with E-state index in [1.54, 1.807) is 0 Å². The number of rotatable bonds is 6. The molecule has 32 heavy (non-hydrogen) atoms. The van der Waals surface area contributed by atoms with Gasteiger partial charge >= 0.3 is 18.2 Å². The summed E-state index contributed by atoms with van der Waals surface area (Å²) in [4.78, 5) is 22.0. The molecule has 2 N–H and O–H groups in total. The van der Waals surface area contributed by atoms with Crippen LogP contribution in [0.5, 0.6) is 11.8 Å². The number of nitrogens with zero attached hydrogens (tertiary/aromatic N) is 3. The van der Waals surface area contributed by atoms with Crippen molar-refractivity contribution in [2.75, 3.05) is 0 Å². The van der Waals surface area contributed by atoms with Gasteiger partial charge in [-0.25, -0.2) is 19.7 Å². The summed E-state index contributed by atoms with van der Waals surface area (Å²) in [6.07, 6.45) is -2.01. The number of carbonyl (C=O) groups is 1. The zero-order valence-corrected chi connectivity index (χ0v) is 17.7. The Bertz CT molecular complexity index is 1150. The van der Waals surface area contributed by atoms with E-state index in [4.69, 9.17) is 33.0 Å². The monoisotopic (exact) mass is 487 g/mol. The maximum absolute atomic E-state index is 14.1. The van der Waals surface area contributed by atoms with Crippen LogP contribution in [0.15, 0.2) is 48.9 Å². The summed E-state index contributed by atoms with van der Waals surface area (Å²) in [6, 6.07) is 5.58. The highest BCUT2D eigenvalue weighted by molar-refractivity contribution is 6.31. The fourth-order valence-corrected chi connectivity index (χ4v) is 3.48. The Hall–Kier alpha value is -2.95. The maximum Gasteiger partial charge on any atom is 0.422 e. The molecule has 12 heteroatoms. The van der Waals surface area contributed by atoms with Crippen molar-refractivity contribution < 1.29 is 32.9 Å². The zero-order chi connectivity index (χ0) is 23.7. The molecule has 0 radical (unpaired) electrons. The van der Waals surface area contributed by atoms with E-state index in [0.717, 1.165) is 37.6 Å². The van der Waals surface area contributed by atoms with E-state index in [1.165, 1.54) is 18.2 Å². The van der Waals surface area contributed by atoms with Gasteiger partial charge in [0.15, 0.2) is 5.60 Å². The second-order valence-corrected chi connectivity index (χ2v) is 7.49. The lowest BCUT2D eigenvalue weighted by molar-refractivity contribution is -0.274. The Morgan fingerprint density at radius 1 is 1.09 bits per heavy atom. The van der Waals surface area contributed by atoms with Crippen molar-refractivity contribution >= 4 is 29.2 Å². The molecule has 1 aromatic carbocycles. The van der Waals surface area contributed by atoms with Crippen LogP contribution >= 0.6 is 23.2 Å². The Kier molecular flexibility index (Phi) is 6.59. The van der Waals surface area contributed by atoms with Crippen LogP contribution < -0.4 is 4.74 Å². The third-order valence-electron chi connectivity index (χ3n) is 4.74. The van der Waals surface area contributed by atoms with Crippen LogP contribution in [0, 0.1) is 0 Å². The number of hydrogen-bond acceptors (Lipinski definition) is 6. The number of alkyl halides is 3. The second kappa shape index (κ2) is 8.89. The first-order valence-corrected chi connectivity index (χ1v) is 9.63. The van der Waals surface area contributed by atoms with Gasteiger partial charge in [-0.05, 0) is 41.5 Å². The van der Waals surface area contributed by atoms with Crippen LogP contribution in [0.25, 0.3) is 0 Å². The number of aromatic carboxylic acids is 1. The minimum atomic E-state index is -5.09. The second-order valence-electron chi connectivity index (χ2n) is 6.70. The SMILES string of the molecule is CC(c1cc(Oc2ncc(C(=O)O)cn2)ccc1Cl)C(O)(c1ccnc(Cl)c1)C(F)(F)F. The Morgan fingerprint density at radius 2 is 1.75 bits per heavy atom. The van der Waals surface area contributed by atoms with E-state index in [2.05, 4.69) is 15.0 Å². The maximum atomic E-state index is 14.1. The number of aromatic nitrogens is 3. The van der Waals surface area contributed by atoms with Gasteiger partial charge in [-0.3, -0.25) is 0 Å². The summed E-state index contributed by atoms with van der Waals surface area (Å²) < 4.78 is 47.7. The molecular formula is C20H14Cl2F3N3O4. The van der Waals surface area contributed by atoms with Crippen molar-refractivity contribution in [3.8, 4) is 11.8 Å². The molecule has 7 nitrogen and oxygen atoms in total. The molecule has 2 heterocycles. The van der Waals surface area contributed by atoms with Gasteiger partial charge in [0.05, 0.1) is 5.56 Å². The Morgan fingerprint density at radius 3 is 2.31 bits per heavy atom. The highest BCUT2D eigenvalue weighted by Gasteiger charge is 2.59. The first-order valence-electron chi connectivity index (χ1n) is 8.87. The van der Waals surface area contributed by atoms with Gasteiger partial charge in [-0.15, -0.1) is 0 Å². The van der Waals surface area contributed by atoms with Crippen LogP contribution in [-0.2, 0) is 5.60 Å². The van der Waals surface area contributed by atoms with Crippen LogP contribution in [0.2, 0.25) is 10.2 Å². The topological polar surface area (TPSA) is 105 Å². The predicted molar refractivity (Wildman–Crippen MR) is 108 cm³/mol. The van der Waals surface area contributed by atoms with Gasteiger partial charge in [0.25, 0.3) is 0 Å². The molecule has 168 valence electrons. The van der Waals surface area contributed by atoms with Gasteiger partial charge < -0.3 is 14.9 Å². The highest BCUT2D eigenvalue weighted by Crippen LogP contribution is 2.50. The quantitative estimate of drug-likeness (QED) is 0.459. The van der Waals surface area contributed by atoms with E-state index >= 15 is 0 Å². The summed E-state index contributed by atoms with van der Waals surface area (Å²) in [5.41, 5.74) is -4.10.